The fourth-order valence-electron chi connectivity index (χ4n) is 2.74. The molecule has 0 aromatic heterocycles. The second kappa shape index (κ2) is 8.19. The van der Waals surface area contributed by atoms with Crippen LogP contribution in [0.15, 0.2) is 47.4 Å². The number of nitrogens with one attached hydrogen (secondary N) is 1. The summed E-state index contributed by atoms with van der Waals surface area (Å²) in [5.74, 6) is -0.648. The molecule has 1 unspecified atom stereocenters. The molecule has 27 heavy (non-hydrogen) atoms. The molecule has 2 aromatic carbocycles. The van der Waals surface area contributed by atoms with Crippen molar-refractivity contribution in [3.05, 3.63) is 65.0 Å². The van der Waals surface area contributed by atoms with E-state index in [0.29, 0.717) is 11.1 Å². The van der Waals surface area contributed by atoms with Gasteiger partial charge in [0.05, 0.1) is 10.9 Å². The van der Waals surface area contributed by atoms with Crippen LogP contribution in [0, 0.1) is 18.7 Å². The molecule has 1 amide bonds. The third-order valence-electron chi connectivity index (χ3n) is 4.41. The Labute approximate surface area is 160 Å². The molecular formula is C20H25FN2O3S. The minimum absolute atomic E-state index is 0.0612. The summed E-state index contributed by atoms with van der Waals surface area (Å²) in [7, 11) is -0.754. The van der Waals surface area contributed by atoms with Gasteiger partial charge in [-0.25, -0.2) is 17.1 Å². The van der Waals surface area contributed by atoms with Gasteiger partial charge in [0.15, 0.2) is 0 Å². The van der Waals surface area contributed by atoms with Crippen LogP contribution >= 0.6 is 0 Å². The summed E-state index contributed by atoms with van der Waals surface area (Å²) in [6.45, 7) is 5.66. The number of hydrogen-bond acceptors (Lipinski definition) is 3. The van der Waals surface area contributed by atoms with E-state index in [9.17, 15) is 17.6 Å². The van der Waals surface area contributed by atoms with Crippen molar-refractivity contribution in [2.45, 2.75) is 31.7 Å². The molecular weight excluding hydrogens is 367 g/mol. The molecule has 2 aromatic rings. The molecule has 0 aliphatic carbocycles. The predicted octanol–water partition coefficient (Wildman–Crippen LogP) is 3.51. The first-order valence-electron chi connectivity index (χ1n) is 8.63. The van der Waals surface area contributed by atoms with Crippen LogP contribution in [0.5, 0.6) is 0 Å². The summed E-state index contributed by atoms with van der Waals surface area (Å²) in [5, 5.41) is 2.95. The van der Waals surface area contributed by atoms with E-state index in [0.717, 1.165) is 9.87 Å². The van der Waals surface area contributed by atoms with Crippen molar-refractivity contribution in [2.75, 3.05) is 14.1 Å². The van der Waals surface area contributed by atoms with E-state index in [1.807, 2.05) is 13.8 Å². The van der Waals surface area contributed by atoms with Crippen molar-refractivity contribution >= 4 is 15.9 Å². The molecule has 0 fully saturated rings. The molecule has 1 N–H and O–H groups in total. The summed E-state index contributed by atoms with van der Waals surface area (Å²) >= 11 is 0. The molecule has 0 saturated heterocycles. The summed E-state index contributed by atoms with van der Waals surface area (Å²) in [6.07, 6.45) is 0. The molecule has 0 aliphatic heterocycles. The van der Waals surface area contributed by atoms with Gasteiger partial charge >= 0.3 is 0 Å². The minimum atomic E-state index is -3.64. The number of aryl methyl sites for hydroxylation is 1. The fourth-order valence-corrected chi connectivity index (χ4v) is 3.67. The van der Waals surface area contributed by atoms with Gasteiger partial charge < -0.3 is 5.32 Å². The van der Waals surface area contributed by atoms with Crippen molar-refractivity contribution in [2.24, 2.45) is 5.92 Å². The smallest absolute Gasteiger partial charge is 0.252 e. The first-order chi connectivity index (χ1) is 12.5. The van der Waals surface area contributed by atoms with E-state index in [1.54, 1.807) is 25.1 Å². The van der Waals surface area contributed by atoms with Crippen molar-refractivity contribution in [3.8, 4) is 0 Å². The van der Waals surface area contributed by atoms with Crippen molar-refractivity contribution in [1.82, 2.24) is 9.62 Å². The second-order valence-electron chi connectivity index (χ2n) is 7.01. The van der Waals surface area contributed by atoms with Crippen LogP contribution in [0.25, 0.3) is 0 Å². The highest BCUT2D eigenvalue weighted by Crippen LogP contribution is 2.24. The van der Waals surface area contributed by atoms with Crippen LogP contribution < -0.4 is 5.32 Å². The van der Waals surface area contributed by atoms with Crippen LogP contribution in [0.2, 0.25) is 0 Å². The highest BCUT2D eigenvalue weighted by Gasteiger charge is 2.23. The predicted molar refractivity (Wildman–Crippen MR) is 103 cm³/mol. The van der Waals surface area contributed by atoms with E-state index >= 15 is 0 Å². The number of carbonyl (C=O) groups excluding carboxylic acids is 1. The highest BCUT2D eigenvalue weighted by molar-refractivity contribution is 7.89. The summed E-state index contributed by atoms with van der Waals surface area (Å²) in [5.41, 5.74) is 1.76. The minimum Gasteiger partial charge on any atom is -0.345 e. The molecule has 0 saturated carbocycles. The Morgan fingerprint density at radius 2 is 1.67 bits per heavy atom. The third kappa shape index (κ3) is 4.73. The third-order valence-corrected chi connectivity index (χ3v) is 6.23. The quantitative estimate of drug-likeness (QED) is 0.818. The number of halogens is 1. The molecule has 0 aliphatic rings. The van der Waals surface area contributed by atoms with E-state index in [4.69, 9.17) is 0 Å². The fraction of sp³-hybridized carbons (Fsp3) is 0.350. The van der Waals surface area contributed by atoms with E-state index in [-0.39, 0.29) is 28.6 Å². The van der Waals surface area contributed by atoms with Crippen LogP contribution in [-0.2, 0) is 10.0 Å². The lowest BCUT2D eigenvalue weighted by Gasteiger charge is -2.23. The summed E-state index contributed by atoms with van der Waals surface area (Å²) in [4.78, 5) is 12.9. The molecule has 146 valence electrons. The van der Waals surface area contributed by atoms with Crippen molar-refractivity contribution < 1.29 is 17.6 Å². The maximum absolute atomic E-state index is 13.2. The Bertz CT molecular complexity index is 923. The first kappa shape index (κ1) is 21.1. The number of sulfonamides is 1. The monoisotopic (exact) mass is 392 g/mol. The lowest BCUT2D eigenvalue weighted by atomic mass is 9.95. The first-order valence-corrected chi connectivity index (χ1v) is 10.1. The maximum atomic E-state index is 13.2. The molecule has 5 nitrogen and oxygen atoms in total. The van der Waals surface area contributed by atoms with Gasteiger partial charge in [-0.3, -0.25) is 4.79 Å². The Hall–Kier alpha value is -2.25. The van der Waals surface area contributed by atoms with Gasteiger partial charge in [0.25, 0.3) is 5.91 Å². The second-order valence-corrected chi connectivity index (χ2v) is 9.16. The summed E-state index contributed by atoms with van der Waals surface area (Å²) in [6, 6.07) is 10.2. The zero-order valence-corrected chi connectivity index (χ0v) is 17.0. The van der Waals surface area contributed by atoms with Crippen molar-refractivity contribution in [1.29, 1.82) is 0 Å². The Kier molecular flexibility index (Phi) is 6.38. The number of rotatable bonds is 6. The van der Waals surface area contributed by atoms with Crippen LogP contribution in [-0.4, -0.2) is 32.7 Å². The van der Waals surface area contributed by atoms with Gasteiger partial charge in [0.1, 0.15) is 5.82 Å². The number of benzene rings is 2. The van der Waals surface area contributed by atoms with Gasteiger partial charge in [-0.15, -0.1) is 0 Å². The van der Waals surface area contributed by atoms with Crippen LogP contribution in [0.1, 0.15) is 41.4 Å². The largest absolute Gasteiger partial charge is 0.345 e. The highest BCUT2D eigenvalue weighted by atomic mass is 32.2. The van der Waals surface area contributed by atoms with Gasteiger partial charge in [0.2, 0.25) is 10.0 Å². The molecule has 0 heterocycles. The normalized spacial score (nSPS) is 13.0. The Morgan fingerprint density at radius 3 is 2.19 bits per heavy atom. The maximum Gasteiger partial charge on any atom is 0.252 e. The van der Waals surface area contributed by atoms with Gasteiger partial charge in [-0.2, -0.15) is 0 Å². The van der Waals surface area contributed by atoms with E-state index in [1.165, 1.54) is 38.4 Å². The van der Waals surface area contributed by atoms with Crippen LogP contribution in [0.4, 0.5) is 4.39 Å². The number of nitrogens with zero attached hydrogens (tertiary/aromatic N) is 1. The zero-order chi connectivity index (χ0) is 20.4. The molecule has 1 atom stereocenters. The standard InChI is InChI=1S/C20H25FN2O3S/c1-13(2)19(15-7-9-16(21)10-8-15)22-20(24)18-12-17(11-6-14(18)3)27(25,26)23(4)5/h6-13,19H,1-5H3,(H,22,24). The van der Waals surface area contributed by atoms with E-state index in [2.05, 4.69) is 5.32 Å². The van der Waals surface area contributed by atoms with Crippen molar-refractivity contribution in [3.63, 3.8) is 0 Å². The average molecular weight is 392 g/mol. The van der Waals surface area contributed by atoms with E-state index < -0.39 is 10.0 Å². The summed E-state index contributed by atoms with van der Waals surface area (Å²) < 4.78 is 39.0. The number of amides is 1. The zero-order valence-electron chi connectivity index (χ0n) is 16.2. The molecule has 2 rings (SSSR count). The SMILES string of the molecule is Cc1ccc(S(=O)(=O)N(C)C)cc1C(=O)NC(c1ccc(F)cc1)C(C)C. The molecule has 0 radical (unpaired) electrons. The van der Waals surface area contributed by atoms with Gasteiger partial charge in [-0.05, 0) is 48.2 Å². The number of carbonyl (C=O) groups is 1. The Morgan fingerprint density at radius 1 is 1.07 bits per heavy atom. The van der Waals surface area contributed by atoms with Gasteiger partial charge in [0, 0.05) is 19.7 Å². The van der Waals surface area contributed by atoms with Gasteiger partial charge in [-0.1, -0.05) is 32.0 Å². The Balaban J connectivity index is 2.37. The molecule has 0 bridgehead atoms. The average Bonchev–Trinajstić information content (AvgIpc) is 2.60. The lowest BCUT2D eigenvalue weighted by molar-refractivity contribution is 0.0924. The van der Waals surface area contributed by atoms with Crippen LogP contribution in [0.3, 0.4) is 0 Å². The molecule has 7 heteroatoms. The number of hydrogen-bond donors (Lipinski definition) is 1. The lowest BCUT2D eigenvalue weighted by Crippen LogP contribution is -2.32. The molecule has 0 spiro atoms. The topological polar surface area (TPSA) is 66.5 Å².